The van der Waals surface area contributed by atoms with Crippen molar-refractivity contribution in [1.29, 1.82) is 0 Å². The number of nitrogens with zero attached hydrogens (tertiary/aromatic N) is 3. The molecular weight excluding hydrogens is 1090 g/mol. The van der Waals surface area contributed by atoms with Crippen molar-refractivity contribution in [3.63, 3.8) is 0 Å². The number of non-ortho nitro benzene ring substituents is 1. The van der Waals surface area contributed by atoms with Gasteiger partial charge in [-0.3, -0.25) is 30.3 Å². The minimum atomic E-state index is -1.21. The largest absolute Gasteiger partial charge is 0.497 e. The molecule has 14 heteroatoms. The quantitative estimate of drug-likeness (QED) is 0.0107. The van der Waals surface area contributed by atoms with Gasteiger partial charge in [-0.1, -0.05) is 271 Å². The third kappa shape index (κ3) is 26.6. The van der Waals surface area contributed by atoms with Crippen LogP contribution in [0.3, 0.4) is 0 Å². The van der Waals surface area contributed by atoms with E-state index in [4.69, 9.17) is 22.3 Å². The highest BCUT2D eigenvalue weighted by atomic mass is 31.1. The van der Waals surface area contributed by atoms with E-state index in [-0.39, 0.29) is 0 Å². The lowest BCUT2D eigenvalue weighted by Crippen LogP contribution is -2.29. The van der Waals surface area contributed by atoms with Gasteiger partial charge < -0.3 is 22.3 Å². The van der Waals surface area contributed by atoms with Crippen molar-refractivity contribution in [2.75, 3.05) is 17.2 Å². The zero-order valence-electron chi connectivity index (χ0n) is 54.7. The Morgan fingerprint density at radius 3 is 0.779 bits per heavy atom. The van der Waals surface area contributed by atoms with Crippen LogP contribution in [0, 0.1) is 30.3 Å². The molecule has 0 unspecified atom stereocenters. The van der Waals surface area contributed by atoms with E-state index in [1.165, 1.54) is 280 Å². The molecule has 0 radical (unpaired) electrons. The van der Waals surface area contributed by atoms with Crippen LogP contribution in [0.5, 0.6) is 5.75 Å². The predicted molar refractivity (Wildman–Crippen MR) is 369 cm³/mol. The second-order valence-electron chi connectivity index (χ2n) is 24.5. The van der Waals surface area contributed by atoms with Crippen LogP contribution in [0.15, 0.2) is 48.5 Å². The molecule has 0 bridgehead atoms. The second kappa shape index (κ2) is 45.0. The number of benzene rings is 4. The molecule has 4 rings (SSSR count). The number of aryl methyl sites for hydroxylation is 3. The van der Waals surface area contributed by atoms with Crippen molar-refractivity contribution >= 4 is 58.0 Å². The molecule has 482 valence electrons. The van der Waals surface area contributed by atoms with Crippen LogP contribution in [0.2, 0.25) is 0 Å². The highest BCUT2D eigenvalue weighted by Crippen LogP contribution is 2.44. The molecule has 0 amide bonds. The van der Waals surface area contributed by atoms with Crippen LogP contribution in [0.25, 0.3) is 0 Å². The SMILES string of the molecule is CCCCCCCCc1ccc(P(c2ccc(CCCCCCCC)c(CCCCCCCC)c2N)c2ccc(CCCCCCCC)c(CCCCCCCC)c2N)c(N)c1CCCCCCCC.O=[N+]([O-])c1cc([N+](=O)[O-])c(O)c([N+](=O)[O-])c1. The molecule has 86 heavy (non-hydrogen) atoms. The zero-order chi connectivity index (χ0) is 62.9. The number of nitrogen functional groups attached to an aromatic ring is 3. The number of nitro groups is 3. The third-order valence-electron chi connectivity index (χ3n) is 17.4. The van der Waals surface area contributed by atoms with Gasteiger partial charge in [-0.05, 0) is 118 Å². The summed E-state index contributed by atoms with van der Waals surface area (Å²) in [7, 11) is -1.12. The van der Waals surface area contributed by atoms with Gasteiger partial charge in [0.2, 0.25) is 0 Å². The van der Waals surface area contributed by atoms with Gasteiger partial charge in [0.1, 0.15) is 0 Å². The Morgan fingerprint density at radius 1 is 0.337 bits per heavy atom. The van der Waals surface area contributed by atoms with E-state index in [1.54, 1.807) is 0 Å². The molecule has 0 saturated heterocycles. The molecule has 7 N–H and O–H groups in total. The first kappa shape index (κ1) is 75.0. The topological polar surface area (TPSA) is 228 Å². The average molecular weight is 1210 g/mol. The predicted octanol–water partition coefficient (Wildman–Crippen LogP) is 20.7. The maximum absolute atomic E-state index is 10.4. The Balaban J connectivity index is 0.00000104. The molecule has 0 aliphatic rings. The summed E-state index contributed by atoms with van der Waals surface area (Å²) in [5.74, 6) is -1.21. The fraction of sp³-hybridized carbons (Fsp3) is 0.667. The van der Waals surface area contributed by atoms with Gasteiger partial charge in [0.15, 0.2) is 0 Å². The molecule has 0 aromatic heterocycles. The Hall–Kier alpha value is -5.29. The number of phenols is 1. The van der Waals surface area contributed by atoms with E-state index in [1.807, 2.05) is 0 Å². The first-order valence-electron chi connectivity index (χ1n) is 34.5. The van der Waals surface area contributed by atoms with E-state index in [0.29, 0.717) is 12.1 Å². The summed E-state index contributed by atoms with van der Waals surface area (Å²) >= 11 is 0. The summed E-state index contributed by atoms with van der Waals surface area (Å²) in [4.78, 5) is 27.8. The van der Waals surface area contributed by atoms with Crippen molar-refractivity contribution < 1.29 is 19.9 Å². The Morgan fingerprint density at radius 2 is 0.558 bits per heavy atom. The first-order chi connectivity index (χ1) is 41.7. The number of hydrogen-bond acceptors (Lipinski definition) is 10. The standard InChI is InChI=1S/C66H114N3P.C6H3N3O7/c1-7-13-19-25-31-37-43-55-49-52-61(64(67)58(55)46-40-34-28-22-16-10-4)70(62-53-50-56(44-38-32-26-20-14-8-2)59(65(62)68)47-41-35-29-23-17-11-5)63-54-51-57(45-39-33-27-21-15-9-3)60(66(63)69)48-42-36-30-24-18-12-6;10-6-4(8(13)14)1-3(7(11)12)2-5(6)9(15)16/h49-54H,7-48,67-69H2,1-6H3;1-2,10H. The van der Waals surface area contributed by atoms with Crippen LogP contribution in [-0.4, -0.2) is 19.9 Å². The van der Waals surface area contributed by atoms with E-state index in [0.717, 1.165) is 55.6 Å². The van der Waals surface area contributed by atoms with Crippen LogP contribution in [0.1, 0.15) is 306 Å². The first-order valence-corrected chi connectivity index (χ1v) is 35.9. The molecule has 0 fully saturated rings. The van der Waals surface area contributed by atoms with Crippen LogP contribution >= 0.6 is 7.92 Å². The molecule has 4 aromatic carbocycles. The molecule has 4 aromatic rings. The van der Waals surface area contributed by atoms with Crippen molar-refractivity contribution in [1.82, 2.24) is 0 Å². The fourth-order valence-corrected chi connectivity index (χ4v) is 14.7. The normalized spacial score (nSPS) is 11.3. The van der Waals surface area contributed by atoms with Crippen LogP contribution in [0.4, 0.5) is 34.1 Å². The minimum absolute atomic E-state index is 0.447. The molecular formula is C72H117N6O7P. The van der Waals surface area contributed by atoms with Crippen molar-refractivity contribution in [2.45, 2.75) is 311 Å². The van der Waals surface area contributed by atoms with Gasteiger partial charge in [-0.2, -0.15) is 0 Å². The van der Waals surface area contributed by atoms with Gasteiger partial charge in [-0.25, -0.2) is 0 Å². The number of hydrogen-bond donors (Lipinski definition) is 4. The lowest BCUT2D eigenvalue weighted by Gasteiger charge is -2.29. The van der Waals surface area contributed by atoms with Crippen LogP contribution < -0.4 is 33.1 Å². The van der Waals surface area contributed by atoms with Crippen molar-refractivity contribution in [3.05, 3.63) is 112 Å². The second-order valence-corrected chi connectivity index (χ2v) is 26.6. The van der Waals surface area contributed by atoms with E-state index in [2.05, 4.69) is 77.9 Å². The Kier molecular flexibility index (Phi) is 39.3. The summed E-state index contributed by atoms with van der Waals surface area (Å²) in [6, 6.07) is 15.7. The Labute approximate surface area is 521 Å². The zero-order valence-corrected chi connectivity index (χ0v) is 55.6. The highest BCUT2D eigenvalue weighted by molar-refractivity contribution is 7.80. The summed E-state index contributed by atoms with van der Waals surface area (Å²) in [6.45, 7) is 13.9. The van der Waals surface area contributed by atoms with Crippen molar-refractivity contribution in [3.8, 4) is 5.75 Å². The number of phenolic OH excluding ortho intramolecular Hbond substituents is 1. The third-order valence-corrected chi connectivity index (χ3v) is 20.0. The van der Waals surface area contributed by atoms with E-state index < -0.39 is 45.5 Å². The minimum Gasteiger partial charge on any atom is -0.497 e. The lowest BCUT2D eigenvalue weighted by atomic mass is 9.94. The van der Waals surface area contributed by atoms with Gasteiger partial charge >= 0.3 is 11.4 Å². The average Bonchev–Trinajstić information content (AvgIpc) is 1.11. The van der Waals surface area contributed by atoms with Gasteiger partial charge in [-0.15, -0.1) is 0 Å². The molecule has 0 heterocycles. The summed E-state index contributed by atoms with van der Waals surface area (Å²) in [5.41, 5.74) is 32.1. The summed E-state index contributed by atoms with van der Waals surface area (Å²) < 4.78 is 0. The number of nitrogens with two attached hydrogens (primary N) is 3. The van der Waals surface area contributed by atoms with Gasteiger partial charge in [0, 0.05) is 33.0 Å². The number of nitro benzene ring substituents is 3. The number of anilines is 3. The van der Waals surface area contributed by atoms with Gasteiger partial charge in [0.05, 0.1) is 26.9 Å². The van der Waals surface area contributed by atoms with Crippen molar-refractivity contribution in [2.24, 2.45) is 0 Å². The smallest absolute Gasteiger partial charge is 0.324 e. The highest BCUT2D eigenvalue weighted by Gasteiger charge is 2.31. The van der Waals surface area contributed by atoms with Crippen LogP contribution in [-0.2, 0) is 38.5 Å². The summed E-state index contributed by atoms with van der Waals surface area (Å²) in [5, 5.41) is 44.1. The van der Waals surface area contributed by atoms with E-state index in [9.17, 15) is 30.3 Å². The van der Waals surface area contributed by atoms with E-state index >= 15 is 0 Å². The molecule has 0 saturated carbocycles. The number of unbranched alkanes of at least 4 members (excludes halogenated alkanes) is 30. The Bertz CT molecular complexity index is 2330. The summed E-state index contributed by atoms with van der Waals surface area (Å²) in [6.07, 6.45) is 53.5. The maximum Gasteiger partial charge on any atom is 0.324 e. The maximum atomic E-state index is 10.4. The monoisotopic (exact) mass is 1210 g/mol. The lowest BCUT2D eigenvalue weighted by molar-refractivity contribution is -0.404. The number of aromatic hydroxyl groups is 1. The molecule has 0 aliphatic carbocycles. The van der Waals surface area contributed by atoms with Gasteiger partial charge in [0.25, 0.3) is 11.4 Å². The fourth-order valence-electron chi connectivity index (χ4n) is 12.2. The molecule has 0 atom stereocenters. The molecule has 0 aliphatic heterocycles. The number of rotatable bonds is 48. The molecule has 0 spiro atoms. The molecule has 13 nitrogen and oxygen atoms in total.